The summed E-state index contributed by atoms with van der Waals surface area (Å²) in [6, 6.07) is 58.4. The van der Waals surface area contributed by atoms with Gasteiger partial charge in [-0.2, -0.15) is 0 Å². The average Bonchev–Trinajstić information content (AvgIpc) is 3.32. The molecule has 212 valence electrons. The molecule has 0 heteroatoms. The fourth-order valence-electron chi connectivity index (χ4n) is 7.92. The molecule has 8 aromatic rings. The Morgan fingerprint density at radius 2 is 0.867 bits per heavy atom. The maximum Gasteiger partial charge on any atom is 0.0158 e. The van der Waals surface area contributed by atoms with E-state index in [1.165, 1.54) is 88.0 Å². The number of hydrogen-bond acceptors (Lipinski definition) is 0. The molecule has 45 heavy (non-hydrogen) atoms. The van der Waals surface area contributed by atoms with E-state index in [0.717, 1.165) is 0 Å². The summed E-state index contributed by atoms with van der Waals surface area (Å²) >= 11 is 0. The second-order valence-electron chi connectivity index (χ2n) is 12.9. The van der Waals surface area contributed by atoms with Gasteiger partial charge in [0.15, 0.2) is 0 Å². The van der Waals surface area contributed by atoms with Gasteiger partial charge in [-0.05, 0) is 106 Å². The van der Waals surface area contributed by atoms with E-state index in [9.17, 15) is 0 Å². The molecule has 0 fully saturated rings. The van der Waals surface area contributed by atoms with Crippen LogP contribution in [0.3, 0.4) is 0 Å². The van der Waals surface area contributed by atoms with Crippen LogP contribution in [0.25, 0.3) is 76.8 Å². The third kappa shape index (κ3) is 3.85. The highest BCUT2D eigenvalue weighted by Crippen LogP contribution is 2.51. The summed E-state index contributed by atoms with van der Waals surface area (Å²) in [6.45, 7) is 4.70. The molecule has 0 radical (unpaired) electrons. The molecule has 0 bridgehead atoms. The third-order valence-corrected chi connectivity index (χ3v) is 10.0. The molecule has 0 unspecified atom stereocenters. The van der Waals surface area contributed by atoms with Crippen LogP contribution in [0.5, 0.6) is 0 Å². The smallest absolute Gasteiger partial charge is 0.0158 e. The monoisotopic (exact) mass is 572 g/mol. The van der Waals surface area contributed by atoms with Gasteiger partial charge in [-0.15, -0.1) is 0 Å². The molecule has 0 aromatic heterocycles. The second kappa shape index (κ2) is 9.78. The van der Waals surface area contributed by atoms with E-state index in [1.807, 2.05) is 0 Å². The van der Waals surface area contributed by atoms with Crippen molar-refractivity contribution < 1.29 is 0 Å². The Labute approximate surface area is 264 Å². The maximum atomic E-state index is 2.45. The zero-order chi connectivity index (χ0) is 30.1. The quantitative estimate of drug-likeness (QED) is 0.185. The molecule has 0 nitrogen and oxygen atoms in total. The van der Waals surface area contributed by atoms with Crippen LogP contribution in [0.1, 0.15) is 25.0 Å². The zero-order valence-electron chi connectivity index (χ0n) is 25.5. The van der Waals surface area contributed by atoms with Gasteiger partial charge >= 0.3 is 0 Å². The molecule has 9 rings (SSSR count). The second-order valence-corrected chi connectivity index (χ2v) is 12.9. The summed E-state index contributed by atoms with van der Waals surface area (Å²) in [5, 5.41) is 7.66. The standard InChI is InChI=1S/C45H32/c1-45(2)41-23-13-12-18-34(41)39-27-31(24-25-42(39)45)43-35-19-8-10-21-37(35)44(38-22-11-9-20-36(38)43)40-28-32(29-14-4-3-5-15-29)26-30-16-6-7-17-33(30)40/h3-28H,1-2H3. The molecule has 0 N–H and O–H groups in total. The fourth-order valence-corrected chi connectivity index (χ4v) is 7.92. The van der Waals surface area contributed by atoms with Crippen LogP contribution in [-0.4, -0.2) is 0 Å². The van der Waals surface area contributed by atoms with E-state index in [0.29, 0.717) is 0 Å². The lowest BCUT2D eigenvalue weighted by Gasteiger charge is -2.22. The molecule has 1 aliphatic carbocycles. The molecule has 0 atom stereocenters. The predicted octanol–water partition coefficient (Wildman–Crippen LogP) is 12.5. The van der Waals surface area contributed by atoms with E-state index in [-0.39, 0.29) is 5.41 Å². The van der Waals surface area contributed by atoms with E-state index in [2.05, 4.69) is 172 Å². The minimum atomic E-state index is -0.0106. The molecule has 0 saturated heterocycles. The van der Waals surface area contributed by atoms with Crippen LogP contribution in [0, 0.1) is 0 Å². The van der Waals surface area contributed by atoms with Crippen LogP contribution in [0.2, 0.25) is 0 Å². The molecule has 8 aromatic carbocycles. The Balaban J connectivity index is 1.37. The Morgan fingerprint density at radius 3 is 1.58 bits per heavy atom. The molecular weight excluding hydrogens is 540 g/mol. The molecule has 1 aliphatic rings. The van der Waals surface area contributed by atoms with E-state index in [4.69, 9.17) is 0 Å². The van der Waals surface area contributed by atoms with Crippen molar-refractivity contribution in [3.8, 4) is 44.5 Å². The van der Waals surface area contributed by atoms with Crippen LogP contribution in [0.4, 0.5) is 0 Å². The van der Waals surface area contributed by atoms with Crippen molar-refractivity contribution >= 4 is 32.3 Å². The Hall–Kier alpha value is -5.46. The summed E-state index contributed by atoms with van der Waals surface area (Å²) in [6.07, 6.45) is 0. The van der Waals surface area contributed by atoms with Crippen molar-refractivity contribution in [3.63, 3.8) is 0 Å². The third-order valence-electron chi connectivity index (χ3n) is 10.0. The first-order valence-electron chi connectivity index (χ1n) is 15.9. The summed E-state index contributed by atoms with van der Waals surface area (Å²) in [5.41, 5.74) is 13.1. The lowest BCUT2D eigenvalue weighted by molar-refractivity contribution is 0.660. The first-order chi connectivity index (χ1) is 22.1. The van der Waals surface area contributed by atoms with Gasteiger partial charge in [0.2, 0.25) is 0 Å². The van der Waals surface area contributed by atoms with Gasteiger partial charge in [-0.1, -0.05) is 153 Å². The lowest BCUT2D eigenvalue weighted by atomic mass is 9.81. The topological polar surface area (TPSA) is 0 Å². The van der Waals surface area contributed by atoms with Crippen LogP contribution < -0.4 is 0 Å². The van der Waals surface area contributed by atoms with Gasteiger partial charge < -0.3 is 0 Å². The predicted molar refractivity (Wildman–Crippen MR) is 193 cm³/mol. The highest BCUT2D eigenvalue weighted by Gasteiger charge is 2.35. The maximum absolute atomic E-state index is 2.45. The molecule has 0 heterocycles. The van der Waals surface area contributed by atoms with Gasteiger partial charge in [0, 0.05) is 5.41 Å². The first kappa shape index (κ1) is 26.0. The van der Waals surface area contributed by atoms with E-state index in [1.54, 1.807) is 0 Å². The lowest BCUT2D eigenvalue weighted by Crippen LogP contribution is -2.14. The van der Waals surface area contributed by atoms with Gasteiger partial charge in [-0.3, -0.25) is 0 Å². The fraction of sp³-hybridized carbons (Fsp3) is 0.0667. The van der Waals surface area contributed by atoms with Gasteiger partial charge in [0.25, 0.3) is 0 Å². The summed E-state index contributed by atoms with van der Waals surface area (Å²) < 4.78 is 0. The minimum Gasteiger partial charge on any atom is -0.0622 e. The van der Waals surface area contributed by atoms with Crippen LogP contribution in [-0.2, 0) is 5.41 Å². The highest BCUT2D eigenvalue weighted by molar-refractivity contribution is 6.24. The number of hydrogen-bond donors (Lipinski definition) is 0. The van der Waals surface area contributed by atoms with Crippen LogP contribution >= 0.6 is 0 Å². The molecular formula is C45H32. The molecule has 0 spiro atoms. The normalized spacial score (nSPS) is 13.3. The van der Waals surface area contributed by atoms with Crippen molar-refractivity contribution in [3.05, 3.63) is 169 Å². The van der Waals surface area contributed by atoms with Gasteiger partial charge in [0.1, 0.15) is 0 Å². The van der Waals surface area contributed by atoms with Gasteiger partial charge in [-0.25, -0.2) is 0 Å². The zero-order valence-corrected chi connectivity index (χ0v) is 25.5. The molecule has 0 aliphatic heterocycles. The number of rotatable bonds is 3. The largest absolute Gasteiger partial charge is 0.0622 e. The van der Waals surface area contributed by atoms with Crippen molar-refractivity contribution in [2.24, 2.45) is 0 Å². The summed E-state index contributed by atoms with van der Waals surface area (Å²) in [5.74, 6) is 0. The number of benzene rings is 8. The van der Waals surface area contributed by atoms with Crippen molar-refractivity contribution in [2.45, 2.75) is 19.3 Å². The van der Waals surface area contributed by atoms with Gasteiger partial charge in [0.05, 0.1) is 0 Å². The first-order valence-corrected chi connectivity index (χ1v) is 15.9. The van der Waals surface area contributed by atoms with E-state index >= 15 is 0 Å². The molecule has 0 amide bonds. The summed E-state index contributed by atoms with van der Waals surface area (Å²) in [7, 11) is 0. The van der Waals surface area contributed by atoms with Crippen molar-refractivity contribution in [2.75, 3.05) is 0 Å². The van der Waals surface area contributed by atoms with E-state index < -0.39 is 0 Å². The Morgan fingerprint density at radius 1 is 0.333 bits per heavy atom. The Bertz CT molecular complexity index is 2390. The van der Waals surface area contributed by atoms with Crippen LogP contribution in [0.15, 0.2) is 158 Å². The highest BCUT2D eigenvalue weighted by atomic mass is 14.4. The average molecular weight is 573 g/mol. The minimum absolute atomic E-state index is 0.0106. The molecule has 0 saturated carbocycles. The van der Waals surface area contributed by atoms with Crippen molar-refractivity contribution in [1.82, 2.24) is 0 Å². The number of fused-ring (bicyclic) bond motifs is 6. The summed E-state index contributed by atoms with van der Waals surface area (Å²) in [4.78, 5) is 0. The Kier molecular flexibility index (Phi) is 5.64. The SMILES string of the molecule is CC1(C)c2ccccc2-c2cc(-c3c4ccccc4c(-c4cc(-c5ccccc5)cc5ccccc45)c4ccccc34)ccc21. The van der Waals surface area contributed by atoms with Crippen molar-refractivity contribution in [1.29, 1.82) is 0 Å².